The van der Waals surface area contributed by atoms with E-state index < -0.39 is 5.97 Å². The van der Waals surface area contributed by atoms with Crippen LogP contribution in [0.4, 0.5) is 0 Å². The Morgan fingerprint density at radius 2 is 1.86 bits per heavy atom. The van der Waals surface area contributed by atoms with Crippen molar-refractivity contribution in [1.29, 1.82) is 0 Å². The molecule has 0 N–H and O–H groups in total. The van der Waals surface area contributed by atoms with Gasteiger partial charge in [0, 0.05) is 12.3 Å². The van der Waals surface area contributed by atoms with Crippen LogP contribution in [0.3, 0.4) is 0 Å². The molecule has 80 valence electrons. The van der Waals surface area contributed by atoms with Crippen LogP contribution >= 0.6 is 0 Å². The summed E-state index contributed by atoms with van der Waals surface area (Å²) >= 11 is 0. The van der Waals surface area contributed by atoms with Crippen LogP contribution < -0.4 is 0 Å². The van der Waals surface area contributed by atoms with Crippen molar-refractivity contribution in [1.82, 2.24) is 0 Å². The number of unbranched alkanes of at least 4 members (excludes halogenated alkanes) is 5. The van der Waals surface area contributed by atoms with Crippen molar-refractivity contribution >= 4 is 5.97 Å². The summed E-state index contributed by atoms with van der Waals surface area (Å²) in [6.07, 6.45) is 6.94. The van der Waals surface area contributed by atoms with Gasteiger partial charge < -0.3 is 4.74 Å². The predicted octanol–water partition coefficient (Wildman–Crippen LogP) is 2.91. The van der Waals surface area contributed by atoms with E-state index in [1.54, 1.807) is 6.92 Å². The van der Waals surface area contributed by atoms with Crippen LogP contribution in [0.2, 0.25) is 0 Å². The Morgan fingerprint density at radius 3 is 2.50 bits per heavy atom. The third kappa shape index (κ3) is 9.12. The Kier molecular flexibility index (Phi) is 9.41. The molecule has 0 aliphatic carbocycles. The van der Waals surface area contributed by atoms with Crippen molar-refractivity contribution in [3.63, 3.8) is 0 Å². The standard InChI is InChI=1S/C12H20O2/c1-3-5-6-7-8-9-10-11-12(13)14-4-2/h3-9H2,1-2H3. The predicted molar refractivity (Wildman–Crippen MR) is 57.8 cm³/mol. The molecule has 0 aromatic heterocycles. The molecule has 0 aromatic rings. The highest BCUT2D eigenvalue weighted by Gasteiger charge is 1.91. The minimum Gasteiger partial charge on any atom is -0.456 e. The number of rotatable bonds is 6. The second kappa shape index (κ2) is 10.1. The van der Waals surface area contributed by atoms with Crippen molar-refractivity contribution < 1.29 is 9.53 Å². The second-order valence-electron chi connectivity index (χ2n) is 3.19. The van der Waals surface area contributed by atoms with Gasteiger partial charge in [-0.05, 0) is 13.3 Å². The zero-order chi connectivity index (χ0) is 10.6. The maximum atomic E-state index is 10.8. The molecule has 0 aliphatic heterocycles. The van der Waals surface area contributed by atoms with Gasteiger partial charge in [0.05, 0.1) is 6.61 Å². The minimum absolute atomic E-state index is 0.402. The van der Waals surface area contributed by atoms with Crippen LogP contribution in [-0.4, -0.2) is 12.6 Å². The van der Waals surface area contributed by atoms with Gasteiger partial charge in [-0.1, -0.05) is 38.5 Å². The van der Waals surface area contributed by atoms with Crippen molar-refractivity contribution in [2.45, 2.75) is 52.4 Å². The van der Waals surface area contributed by atoms with Gasteiger partial charge in [0.2, 0.25) is 0 Å². The highest BCUT2D eigenvalue weighted by atomic mass is 16.5. The molecular weight excluding hydrogens is 176 g/mol. The number of hydrogen-bond acceptors (Lipinski definition) is 2. The van der Waals surface area contributed by atoms with Crippen LogP contribution in [0.15, 0.2) is 0 Å². The van der Waals surface area contributed by atoms with Gasteiger partial charge in [-0.2, -0.15) is 0 Å². The quantitative estimate of drug-likeness (QED) is 0.282. The first-order valence-corrected chi connectivity index (χ1v) is 5.46. The molecule has 0 aromatic carbocycles. The van der Waals surface area contributed by atoms with Gasteiger partial charge in [0.25, 0.3) is 0 Å². The van der Waals surface area contributed by atoms with E-state index in [0.717, 1.165) is 12.8 Å². The van der Waals surface area contributed by atoms with Gasteiger partial charge in [0.1, 0.15) is 0 Å². The summed E-state index contributed by atoms with van der Waals surface area (Å²) in [6, 6.07) is 0. The number of esters is 1. The third-order valence-corrected chi connectivity index (χ3v) is 1.87. The van der Waals surface area contributed by atoms with Crippen molar-refractivity contribution in [2.75, 3.05) is 6.61 Å². The smallest absolute Gasteiger partial charge is 0.384 e. The maximum Gasteiger partial charge on any atom is 0.384 e. The Balaban J connectivity index is 3.29. The van der Waals surface area contributed by atoms with Crippen LogP contribution in [0, 0.1) is 11.8 Å². The minimum atomic E-state index is -0.402. The van der Waals surface area contributed by atoms with Gasteiger partial charge in [-0.25, -0.2) is 4.79 Å². The van der Waals surface area contributed by atoms with E-state index in [1.807, 2.05) is 0 Å². The number of ether oxygens (including phenoxy) is 1. The van der Waals surface area contributed by atoms with Crippen LogP contribution in [0.25, 0.3) is 0 Å². The Hall–Kier alpha value is -0.970. The summed E-state index contributed by atoms with van der Waals surface area (Å²) in [4.78, 5) is 10.8. The van der Waals surface area contributed by atoms with Crippen molar-refractivity contribution in [2.24, 2.45) is 0 Å². The molecule has 0 saturated carbocycles. The zero-order valence-corrected chi connectivity index (χ0v) is 9.27. The third-order valence-electron chi connectivity index (χ3n) is 1.87. The van der Waals surface area contributed by atoms with E-state index in [1.165, 1.54) is 25.7 Å². The fraction of sp³-hybridized carbons (Fsp3) is 0.750. The first-order valence-electron chi connectivity index (χ1n) is 5.46. The SMILES string of the molecule is CCCCCCCC#CC(=O)OCC. The lowest BCUT2D eigenvalue weighted by Gasteiger charge is -1.94. The molecule has 14 heavy (non-hydrogen) atoms. The van der Waals surface area contributed by atoms with E-state index in [4.69, 9.17) is 0 Å². The molecule has 0 fully saturated rings. The summed E-state index contributed by atoms with van der Waals surface area (Å²) < 4.78 is 4.67. The molecule has 0 atom stereocenters. The number of carbonyl (C=O) groups is 1. The van der Waals surface area contributed by atoms with Crippen molar-refractivity contribution in [3.8, 4) is 11.8 Å². The Morgan fingerprint density at radius 1 is 1.14 bits per heavy atom. The molecule has 0 aliphatic rings. The molecule has 0 heterocycles. The summed E-state index contributed by atoms with van der Waals surface area (Å²) in [5.41, 5.74) is 0. The fourth-order valence-electron chi connectivity index (χ4n) is 1.12. The van der Waals surface area contributed by atoms with Gasteiger partial charge in [-0.3, -0.25) is 0 Å². The normalized spacial score (nSPS) is 9.00. The van der Waals surface area contributed by atoms with Gasteiger partial charge in [0.15, 0.2) is 0 Å². The largest absolute Gasteiger partial charge is 0.456 e. The fourth-order valence-corrected chi connectivity index (χ4v) is 1.12. The molecule has 0 radical (unpaired) electrons. The lowest BCUT2D eigenvalue weighted by atomic mass is 10.1. The van der Waals surface area contributed by atoms with Crippen LogP contribution in [-0.2, 0) is 9.53 Å². The summed E-state index contributed by atoms with van der Waals surface area (Å²) in [7, 11) is 0. The zero-order valence-electron chi connectivity index (χ0n) is 9.27. The topological polar surface area (TPSA) is 26.3 Å². The highest BCUT2D eigenvalue weighted by Crippen LogP contribution is 2.03. The molecule has 0 amide bonds. The number of carbonyl (C=O) groups excluding carboxylic acids is 1. The van der Waals surface area contributed by atoms with E-state index in [-0.39, 0.29) is 0 Å². The lowest BCUT2D eigenvalue weighted by Crippen LogP contribution is -1.99. The van der Waals surface area contributed by atoms with E-state index in [9.17, 15) is 4.79 Å². The van der Waals surface area contributed by atoms with Gasteiger partial charge in [-0.15, -0.1) is 0 Å². The average Bonchev–Trinajstić information content (AvgIpc) is 2.17. The summed E-state index contributed by atoms with van der Waals surface area (Å²) in [5.74, 6) is 4.88. The van der Waals surface area contributed by atoms with Crippen LogP contribution in [0.1, 0.15) is 52.4 Å². The average molecular weight is 196 g/mol. The summed E-state index contributed by atoms with van der Waals surface area (Å²) in [5, 5.41) is 0. The highest BCUT2D eigenvalue weighted by molar-refractivity contribution is 5.88. The maximum absolute atomic E-state index is 10.8. The molecule has 0 spiro atoms. The summed E-state index contributed by atoms with van der Waals surface area (Å²) in [6.45, 7) is 4.38. The molecule has 0 bridgehead atoms. The van der Waals surface area contributed by atoms with Crippen molar-refractivity contribution in [3.05, 3.63) is 0 Å². The molecule has 0 rings (SSSR count). The number of hydrogen-bond donors (Lipinski definition) is 0. The lowest BCUT2D eigenvalue weighted by molar-refractivity contribution is -0.136. The first-order chi connectivity index (χ1) is 6.81. The van der Waals surface area contributed by atoms with Gasteiger partial charge >= 0.3 is 5.97 Å². The molecular formula is C12H20O2. The molecule has 0 saturated heterocycles. The molecule has 0 unspecified atom stereocenters. The second-order valence-corrected chi connectivity index (χ2v) is 3.19. The van der Waals surface area contributed by atoms with Crippen LogP contribution in [0.5, 0.6) is 0 Å². The Labute approximate surface area is 87.0 Å². The monoisotopic (exact) mass is 196 g/mol. The molecule has 2 heteroatoms. The van der Waals surface area contributed by atoms with E-state index in [2.05, 4.69) is 23.5 Å². The first kappa shape index (κ1) is 13.0. The Bertz CT molecular complexity index is 198. The van der Waals surface area contributed by atoms with E-state index in [0.29, 0.717) is 6.61 Å². The van der Waals surface area contributed by atoms with E-state index >= 15 is 0 Å². The molecule has 2 nitrogen and oxygen atoms in total.